The average Bonchev–Trinajstić information content (AvgIpc) is 3.18. The molecule has 152 valence electrons. The van der Waals surface area contributed by atoms with E-state index in [-0.39, 0.29) is 5.75 Å². The fourth-order valence-corrected chi connectivity index (χ4v) is 3.79. The number of halogens is 3. The summed E-state index contributed by atoms with van der Waals surface area (Å²) in [4.78, 5) is 0. The van der Waals surface area contributed by atoms with E-state index in [0.29, 0.717) is 6.61 Å². The summed E-state index contributed by atoms with van der Waals surface area (Å²) in [6, 6.07) is 13.5. The van der Waals surface area contributed by atoms with Crippen molar-refractivity contribution in [3.8, 4) is 22.6 Å². The quantitative estimate of drug-likeness (QED) is 0.414. The Morgan fingerprint density at radius 3 is 1.89 bits per heavy atom. The molecule has 0 spiro atoms. The molecule has 28 heavy (non-hydrogen) atoms. The highest BCUT2D eigenvalue weighted by Gasteiger charge is 2.30. The first-order valence-corrected chi connectivity index (χ1v) is 10.1. The first kappa shape index (κ1) is 20.6. The van der Waals surface area contributed by atoms with Gasteiger partial charge in [0.1, 0.15) is 11.5 Å². The Hall–Kier alpha value is -2.17. The third-order valence-corrected chi connectivity index (χ3v) is 5.28. The zero-order valence-corrected chi connectivity index (χ0v) is 16.0. The molecule has 1 fully saturated rings. The van der Waals surface area contributed by atoms with Crippen LogP contribution in [0, 0.1) is 5.92 Å². The molecule has 0 aliphatic heterocycles. The second-order valence-corrected chi connectivity index (χ2v) is 7.44. The van der Waals surface area contributed by atoms with Crippen molar-refractivity contribution < 1.29 is 22.6 Å². The maximum absolute atomic E-state index is 12.2. The standard InChI is InChI=1S/C23H27F3O2/c24-23(25,26)28-22-15-11-20(12-16-22)19-9-13-21(14-10-19)27-17-5-1-2-6-18-7-3-4-8-18/h9-16,18H,1-8,17H2. The van der Waals surface area contributed by atoms with E-state index >= 15 is 0 Å². The number of rotatable bonds is 9. The van der Waals surface area contributed by atoms with Crippen molar-refractivity contribution in [2.45, 2.75) is 57.7 Å². The maximum Gasteiger partial charge on any atom is 0.573 e. The number of ether oxygens (including phenoxy) is 2. The van der Waals surface area contributed by atoms with Crippen molar-refractivity contribution in [1.82, 2.24) is 0 Å². The van der Waals surface area contributed by atoms with Crippen molar-refractivity contribution in [3.63, 3.8) is 0 Å². The Morgan fingerprint density at radius 2 is 1.32 bits per heavy atom. The molecule has 1 aliphatic rings. The minimum absolute atomic E-state index is 0.218. The largest absolute Gasteiger partial charge is 0.573 e. The predicted molar refractivity (Wildman–Crippen MR) is 104 cm³/mol. The summed E-state index contributed by atoms with van der Waals surface area (Å²) < 4.78 is 46.3. The summed E-state index contributed by atoms with van der Waals surface area (Å²) in [5, 5.41) is 0. The van der Waals surface area contributed by atoms with Crippen molar-refractivity contribution >= 4 is 0 Å². The van der Waals surface area contributed by atoms with Gasteiger partial charge >= 0.3 is 6.36 Å². The van der Waals surface area contributed by atoms with Crippen molar-refractivity contribution in [1.29, 1.82) is 0 Å². The van der Waals surface area contributed by atoms with E-state index in [2.05, 4.69) is 4.74 Å². The van der Waals surface area contributed by atoms with Crippen LogP contribution in [0.5, 0.6) is 11.5 Å². The normalized spacial score (nSPS) is 15.0. The monoisotopic (exact) mass is 392 g/mol. The Balaban J connectivity index is 1.39. The third-order valence-electron chi connectivity index (χ3n) is 5.28. The summed E-state index contributed by atoms with van der Waals surface area (Å²) in [6.45, 7) is 0.716. The van der Waals surface area contributed by atoms with Crippen molar-refractivity contribution in [2.75, 3.05) is 6.61 Å². The molecule has 1 aliphatic carbocycles. The SMILES string of the molecule is FC(F)(F)Oc1ccc(-c2ccc(OCCCCCC3CCCC3)cc2)cc1. The lowest BCUT2D eigenvalue weighted by Crippen LogP contribution is -2.16. The molecule has 0 radical (unpaired) electrons. The number of alkyl halides is 3. The van der Waals surface area contributed by atoms with Gasteiger partial charge in [-0.3, -0.25) is 0 Å². The van der Waals surface area contributed by atoms with Crippen molar-refractivity contribution in [2.24, 2.45) is 5.92 Å². The second-order valence-electron chi connectivity index (χ2n) is 7.44. The van der Waals surface area contributed by atoms with Gasteiger partial charge in [0.05, 0.1) is 6.61 Å². The smallest absolute Gasteiger partial charge is 0.494 e. The Bertz CT molecular complexity index is 702. The van der Waals surface area contributed by atoms with Crippen LogP contribution in [-0.2, 0) is 0 Å². The molecule has 0 atom stereocenters. The first-order chi connectivity index (χ1) is 13.5. The van der Waals surface area contributed by atoms with Crippen LogP contribution in [-0.4, -0.2) is 13.0 Å². The van der Waals surface area contributed by atoms with Crippen LogP contribution in [0.25, 0.3) is 11.1 Å². The van der Waals surface area contributed by atoms with Crippen LogP contribution >= 0.6 is 0 Å². The van der Waals surface area contributed by atoms with Gasteiger partial charge in [-0.1, -0.05) is 69.2 Å². The van der Waals surface area contributed by atoms with E-state index in [9.17, 15) is 13.2 Å². The summed E-state index contributed by atoms with van der Waals surface area (Å²) in [7, 11) is 0. The van der Waals surface area contributed by atoms with E-state index in [1.54, 1.807) is 12.1 Å². The lowest BCUT2D eigenvalue weighted by atomic mass is 10.0. The van der Waals surface area contributed by atoms with Crippen LogP contribution in [0.2, 0.25) is 0 Å². The van der Waals surface area contributed by atoms with E-state index in [1.165, 1.54) is 57.1 Å². The van der Waals surface area contributed by atoms with Crippen LogP contribution in [0.15, 0.2) is 48.5 Å². The van der Waals surface area contributed by atoms with E-state index < -0.39 is 6.36 Å². The first-order valence-electron chi connectivity index (χ1n) is 10.1. The Kier molecular flexibility index (Phi) is 7.24. The van der Waals surface area contributed by atoms with Gasteiger partial charge in [-0.2, -0.15) is 0 Å². The molecule has 0 N–H and O–H groups in total. The molecule has 1 saturated carbocycles. The maximum atomic E-state index is 12.2. The van der Waals surface area contributed by atoms with Crippen LogP contribution in [0.1, 0.15) is 51.4 Å². The number of unbranched alkanes of at least 4 members (excludes halogenated alkanes) is 2. The van der Waals surface area contributed by atoms with E-state index in [4.69, 9.17) is 4.74 Å². The second kappa shape index (κ2) is 9.85. The molecular weight excluding hydrogens is 365 g/mol. The van der Waals surface area contributed by atoms with Gasteiger partial charge in [-0.25, -0.2) is 0 Å². The summed E-state index contributed by atoms with van der Waals surface area (Å²) in [5.74, 6) is 1.56. The van der Waals surface area contributed by atoms with Gasteiger partial charge in [-0.05, 0) is 47.7 Å². The van der Waals surface area contributed by atoms with Gasteiger partial charge in [-0.15, -0.1) is 13.2 Å². The number of hydrogen-bond acceptors (Lipinski definition) is 2. The zero-order valence-electron chi connectivity index (χ0n) is 16.0. The molecule has 0 unspecified atom stereocenters. The van der Waals surface area contributed by atoms with Gasteiger partial charge in [0.25, 0.3) is 0 Å². The van der Waals surface area contributed by atoms with Gasteiger partial charge in [0, 0.05) is 0 Å². The molecule has 0 aromatic heterocycles. The molecule has 0 amide bonds. The highest BCUT2D eigenvalue weighted by atomic mass is 19.4. The molecular formula is C23H27F3O2. The fraction of sp³-hybridized carbons (Fsp3) is 0.478. The lowest BCUT2D eigenvalue weighted by molar-refractivity contribution is -0.274. The lowest BCUT2D eigenvalue weighted by Gasteiger charge is -2.10. The van der Waals surface area contributed by atoms with Crippen LogP contribution < -0.4 is 9.47 Å². The molecule has 2 aromatic carbocycles. The minimum Gasteiger partial charge on any atom is -0.494 e. The molecule has 0 saturated heterocycles. The third kappa shape index (κ3) is 6.77. The summed E-state index contributed by atoms with van der Waals surface area (Å²) >= 11 is 0. The predicted octanol–water partition coefficient (Wildman–Crippen LogP) is 7.38. The topological polar surface area (TPSA) is 18.5 Å². The zero-order chi connectivity index (χ0) is 19.8. The summed E-state index contributed by atoms with van der Waals surface area (Å²) in [5.41, 5.74) is 1.75. The highest BCUT2D eigenvalue weighted by molar-refractivity contribution is 5.64. The number of hydrogen-bond donors (Lipinski definition) is 0. The number of benzene rings is 2. The van der Waals surface area contributed by atoms with Crippen LogP contribution in [0.4, 0.5) is 13.2 Å². The van der Waals surface area contributed by atoms with Crippen LogP contribution in [0.3, 0.4) is 0 Å². The molecule has 2 aromatic rings. The molecule has 5 heteroatoms. The highest BCUT2D eigenvalue weighted by Crippen LogP contribution is 2.29. The van der Waals surface area contributed by atoms with Gasteiger partial charge < -0.3 is 9.47 Å². The summed E-state index contributed by atoms with van der Waals surface area (Å²) in [6.07, 6.45) is 5.92. The Morgan fingerprint density at radius 1 is 0.750 bits per heavy atom. The average molecular weight is 392 g/mol. The molecule has 0 heterocycles. The van der Waals surface area contributed by atoms with E-state index in [0.717, 1.165) is 29.2 Å². The Labute approximate surface area is 164 Å². The minimum atomic E-state index is -4.67. The van der Waals surface area contributed by atoms with Gasteiger partial charge in [0.2, 0.25) is 0 Å². The van der Waals surface area contributed by atoms with Gasteiger partial charge in [0.15, 0.2) is 0 Å². The molecule has 0 bridgehead atoms. The molecule has 3 rings (SSSR count). The van der Waals surface area contributed by atoms with Crippen molar-refractivity contribution in [3.05, 3.63) is 48.5 Å². The fourth-order valence-electron chi connectivity index (χ4n) is 3.79. The molecule has 2 nitrogen and oxygen atoms in total. The van der Waals surface area contributed by atoms with E-state index in [1.807, 2.05) is 24.3 Å².